The van der Waals surface area contributed by atoms with Gasteiger partial charge in [0.25, 0.3) is 11.8 Å². The molecule has 0 bridgehead atoms. The Bertz CT molecular complexity index is 3040. The Morgan fingerprint density at radius 1 is 0.531 bits per heavy atom. The summed E-state index contributed by atoms with van der Waals surface area (Å²) < 4.78 is 73.1. The molecule has 22 nitrogen and oxygen atoms in total. The lowest BCUT2D eigenvalue weighted by atomic mass is 9.90. The first-order valence-corrected chi connectivity index (χ1v) is 33.3. The number of ether oxygens (including phenoxy) is 8. The number of carbonyl (C=O) groups is 9. The molecule has 3 aromatic carbocycles. The molecule has 6 atom stereocenters. The molecule has 2 aliphatic heterocycles. The van der Waals surface area contributed by atoms with Gasteiger partial charge in [0.1, 0.15) is 47.7 Å². The highest BCUT2D eigenvalue weighted by Gasteiger charge is 2.43. The summed E-state index contributed by atoms with van der Waals surface area (Å²) in [4.78, 5) is 121. The molecule has 530 valence electrons. The molecular formula is C72H100F2N4O18. The van der Waals surface area contributed by atoms with Gasteiger partial charge in [-0.05, 0) is 146 Å². The van der Waals surface area contributed by atoms with Crippen molar-refractivity contribution in [2.75, 3.05) is 67.8 Å². The molecule has 2 saturated carbocycles. The zero-order valence-electron chi connectivity index (χ0n) is 57.6. The number of carbonyl (C=O) groups excluding carboxylic acids is 8. The van der Waals surface area contributed by atoms with E-state index < -0.39 is 127 Å². The Morgan fingerprint density at radius 3 is 1.35 bits per heavy atom. The van der Waals surface area contributed by atoms with E-state index >= 15 is 4.39 Å². The largest absolute Gasteiger partial charge is 0.479 e. The van der Waals surface area contributed by atoms with Crippen molar-refractivity contribution in [1.29, 1.82) is 0 Å². The van der Waals surface area contributed by atoms with E-state index in [0.29, 0.717) is 50.2 Å². The minimum absolute atomic E-state index is 0.0391. The molecule has 3 amide bonds. The smallest absolute Gasteiger partial charge is 0.410 e. The predicted octanol–water partition coefficient (Wildman–Crippen LogP) is 9.34. The van der Waals surface area contributed by atoms with E-state index in [1.165, 1.54) is 66.3 Å². The number of alkyl halides is 2. The number of carboxylic acid groups (broad SMARTS) is 1. The standard InChI is InChI=1S/C37H49FN2O8.C35H51FN2O10/c1-37(2,38)22-30(39-3)35(43)48-32(21-26-12-14-28(15-13-26)29-16-18-45-19-17-29)34(42)40(4)31(20-25-10-11-25)36(44)47-24-33(41)46-23-27-8-6-5-7-9-27;1-34(2,3)48-33(44)38(7)27(20-35(4,5)36)32(43)47-28(19-23-10-12-24(13-11-23)25-14-16-45-17-15-25)30(41)37(6)26(18-22-8-9-22)31(42)46-21-29(39)40/h5-9,12-15,25,29-32,39H,10-11,16-24H2,1-4H3;10-13,22,25-28H,8-9,14-21H2,1-7H3,(H,39,40)/t30-,31-,32+;26-,27-,28+/m00/s1. The number of benzene rings is 3. The topological polar surface area (TPSA) is 269 Å². The fraction of sp³-hybridized carbons (Fsp3) is 0.625. The van der Waals surface area contributed by atoms with E-state index in [4.69, 9.17) is 43.0 Å². The number of rotatable bonds is 32. The van der Waals surface area contributed by atoms with Crippen LogP contribution >= 0.6 is 0 Å². The van der Waals surface area contributed by atoms with Crippen LogP contribution in [0.5, 0.6) is 0 Å². The Hall–Kier alpha value is -7.57. The SMILES string of the molecule is CN(C(=O)OC(C)(C)C)[C@@H](CC(C)(C)F)C(=O)O[C@H](Cc1ccc(C2CCOCC2)cc1)C(=O)N(C)[C@@H](CC1CC1)C(=O)OCC(=O)O.CN[C@@H](CC(C)(C)F)C(=O)O[C@H](Cc1ccc(C2CCOCC2)cc1)C(=O)N(C)[C@@H](CC1CC1)C(=O)OCC(=O)OCc1ccccc1. The summed E-state index contributed by atoms with van der Waals surface area (Å²) in [6, 6.07) is 20.0. The Kier molecular flexibility index (Phi) is 29.2. The van der Waals surface area contributed by atoms with Crippen molar-refractivity contribution < 1.29 is 94.9 Å². The molecule has 7 rings (SSSR count). The molecule has 4 fully saturated rings. The first kappa shape index (κ1) is 77.4. The second-order valence-corrected chi connectivity index (χ2v) is 27.9. The van der Waals surface area contributed by atoms with Crippen LogP contribution in [0.2, 0.25) is 0 Å². The third kappa shape index (κ3) is 26.4. The summed E-state index contributed by atoms with van der Waals surface area (Å²) in [5.74, 6) is -5.69. The van der Waals surface area contributed by atoms with Gasteiger partial charge in [-0.2, -0.15) is 0 Å². The van der Waals surface area contributed by atoms with Gasteiger partial charge in [-0.1, -0.05) is 105 Å². The van der Waals surface area contributed by atoms with Crippen LogP contribution in [-0.4, -0.2) is 195 Å². The number of likely N-dealkylation sites (N-methyl/N-ethyl adjacent to an activating group) is 4. The number of nitrogens with zero attached hydrogens (tertiary/aromatic N) is 3. The molecule has 2 saturated heterocycles. The molecule has 2 N–H and O–H groups in total. The van der Waals surface area contributed by atoms with E-state index in [-0.39, 0.29) is 44.1 Å². The lowest BCUT2D eigenvalue weighted by molar-refractivity contribution is -0.169. The summed E-state index contributed by atoms with van der Waals surface area (Å²) in [5.41, 5.74) is 0.0604. The maximum atomic E-state index is 15.0. The molecule has 3 aromatic rings. The van der Waals surface area contributed by atoms with Crippen molar-refractivity contribution in [3.63, 3.8) is 0 Å². The molecule has 0 spiro atoms. The van der Waals surface area contributed by atoms with Crippen LogP contribution in [0.3, 0.4) is 0 Å². The number of amides is 3. The lowest BCUT2D eigenvalue weighted by Crippen LogP contribution is -2.52. The number of hydrogen-bond acceptors (Lipinski definition) is 18. The van der Waals surface area contributed by atoms with Crippen molar-refractivity contribution in [3.05, 3.63) is 107 Å². The van der Waals surface area contributed by atoms with Gasteiger partial charge in [-0.25, -0.2) is 37.5 Å². The number of carboxylic acids is 1. The number of hydrogen-bond donors (Lipinski definition) is 2. The monoisotopic (exact) mass is 1350 g/mol. The second-order valence-electron chi connectivity index (χ2n) is 27.9. The van der Waals surface area contributed by atoms with E-state index in [9.17, 15) is 47.5 Å². The average molecular weight is 1350 g/mol. The predicted molar refractivity (Wildman–Crippen MR) is 349 cm³/mol. The third-order valence-corrected chi connectivity index (χ3v) is 17.3. The first-order chi connectivity index (χ1) is 45.3. The summed E-state index contributed by atoms with van der Waals surface area (Å²) >= 11 is 0. The third-order valence-electron chi connectivity index (χ3n) is 17.3. The van der Waals surface area contributed by atoms with Crippen LogP contribution in [0.1, 0.15) is 165 Å². The number of aliphatic carboxylic acids is 1. The maximum Gasteiger partial charge on any atom is 0.410 e. The average Bonchev–Trinajstić information content (AvgIpc) is 1.49. The zero-order chi connectivity index (χ0) is 70.5. The van der Waals surface area contributed by atoms with Gasteiger partial charge < -0.3 is 58.1 Å². The molecule has 2 aliphatic carbocycles. The number of nitrogens with one attached hydrogen (secondary N) is 1. The van der Waals surface area contributed by atoms with Gasteiger partial charge in [-0.3, -0.25) is 19.3 Å². The quantitative estimate of drug-likeness (QED) is 0.0435. The fourth-order valence-electron chi connectivity index (χ4n) is 11.4. The molecule has 0 aromatic heterocycles. The fourth-order valence-corrected chi connectivity index (χ4v) is 11.4. The van der Waals surface area contributed by atoms with Gasteiger partial charge >= 0.3 is 41.9 Å². The lowest BCUT2D eigenvalue weighted by Gasteiger charge is -2.34. The summed E-state index contributed by atoms with van der Waals surface area (Å²) in [6.45, 7) is 11.6. The molecule has 0 radical (unpaired) electrons. The van der Waals surface area contributed by atoms with E-state index in [0.717, 1.165) is 77.9 Å². The van der Waals surface area contributed by atoms with Crippen LogP contribution in [-0.2, 0) is 95.7 Å². The molecular weight excluding hydrogens is 1250 g/mol. The van der Waals surface area contributed by atoms with E-state index in [1.807, 2.05) is 78.9 Å². The van der Waals surface area contributed by atoms with Gasteiger partial charge in [0, 0.05) is 73.3 Å². The van der Waals surface area contributed by atoms with Crippen molar-refractivity contribution in [1.82, 2.24) is 20.0 Å². The Balaban J connectivity index is 0.000000304. The molecule has 2 heterocycles. The van der Waals surface area contributed by atoms with Crippen LogP contribution < -0.4 is 5.32 Å². The Labute approximate surface area is 563 Å². The zero-order valence-corrected chi connectivity index (χ0v) is 57.6. The van der Waals surface area contributed by atoms with E-state index in [1.54, 1.807) is 20.8 Å². The van der Waals surface area contributed by atoms with Gasteiger partial charge in [0.2, 0.25) is 0 Å². The minimum Gasteiger partial charge on any atom is -0.479 e. The van der Waals surface area contributed by atoms with Crippen molar-refractivity contribution in [2.45, 2.75) is 210 Å². The molecule has 24 heteroatoms. The number of esters is 5. The Morgan fingerprint density at radius 2 is 0.958 bits per heavy atom. The normalized spacial score (nSPS) is 17.3. The van der Waals surface area contributed by atoms with Crippen LogP contribution in [0.15, 0.2) is 78.9 Å². The van der Waals surface area contributed by atoms with Gasteiger partial charge in [-0.15, -0.1) is 0 Å². The first-order valence-electron chi connectivity index (χ1n) is 33.3. The van der Waals surface area contributed by atoms with Crippen LogP contribution in [0.25, 0.3) is 0 Å². The molecule has 4 aliphatic rings. The van der Waals surface area contributed by atoms with Crippen molar-refractivity contribution in [2.24, 2.45) is 11.8 Å². The molecule has 96 heavy (non-hydrogen) atoms. The summed E-state index contributed by atoms with van der Waals surface area (Å²) in [5, 5.41) is 11.8. The van der Waals surface area contributed by atoms with Gasteiger partial charge in [0.05, 0.1) is 0 Å². The molecule has 0 unspecified atom stereocenters. The van der Waals surface area contributed by atoms with Crippen LogP contribution in [0, 0.1) is 11.8 Å². The van der Waals surface area contributed by atoms with Gasteiger partial charge in [0.15, 0.2) is 25.4 Å². The van der Waals surface area contributed by atoms with E-state index in [2.05, 4.69) is 5.32 Å². The highest BCUT2D eigenvalue weighted by molar-refractivity contribution is 5.91. The van der Waals surface area contributed by atoms with Crippen molar-refractivity contribution in [3.8, 4) is 0 Å². The summed E-state index contributed by atoms with van der Waals surface area (Å²) in [7, 11) is 5.68. The summed E-state index contributed by atoms with van der Waals surface area (Å²) in [6.07, 6.45) is 3.49. The van der Waals surface area contributed by atoms with Crippen LogP contribution in [0.4, 0.5) is 13.6 Å². The minimum atomic E-state index is -1.90. The van der Waals surface area contributed by atoms with Crippen molar-refractivity contribution >= 4 is 53.7 Å². The maximum absolute atomic E-state index is 15.0. The highest BCUT2D eigenvalue weighted by atomic mass is 19.1. The highest BCUT2D eigenvalue weighted by Crippen LogP contribution is 2.37. The second kappa shape index (κ2) is 36.1. The number of halogens is 2.